The minimum Gasteiger partial charge on any atom is -0.311 e. The molecule has 2 fully saturated rings. The Morgan fingerprint density at radius 2 is 0.957 bits per heavy atom. The third-order valence-corrected chi connectivity index (χ3v) is 11.1. The summed E-state index contributed by atoms with van der Waals surface area (Å²) in [4.78, 5) is 2.44. The van der Waals surface area contributed by atoms with Gasteiger partial charge in [-0.15, -0.1) is 0 Å². The zero-order valence-electron chi connectivity index (χ0n) is 27.5. The SMILES string of the molecule is c1ccc(C2(c3ccc(N(c4ccc(-c5ccc6ccccc6c5)cc4)c4ccc(C5CCCCC5)cc4)cc3)CCCCC2)cc1. The van der Waals surface area contributed by atoms with Crippen LogP contribution in [-0.4, -0.2) is 0 Å². The third kappa shape index (κ3) is 6.00. The van der Waals surface area contributed by atoms with Gasteiger partial charge in [-0.2, -0.15) is 0 Å². The Hall–Kier alpha value is -4.62. The van der Waals surface area contributed by atoms with Crippen LogP contribution >= 0.6 is 0 Å². The van der Waals surface area contributed by atoms with Crippen LogP contribution in [0.15, 0.2) is 146 Å². The van der Waals surface area contributed by atoms with Gasteiger partial charge in [0.05, 0.1) is 0 Å². The van der Waals surface area contributed by atoms with Gasteiger partial charge in [0.25, 0.3) is 0 Å². The molecule has 0 spiro atoms. The highest BCUT2D eigenvalue weighted by Gasteiger charge is 2.35. The number of fused-ring (bicyclic) bond motifs is 1. The number of anilines is 3. The topological polar surface area (TPSA) is 3.24 Å². The molecular formula is C46H45N. The highest BCUT2D eigenvalue weighted by atomic mass is 15.1. The standard InChI is InChI=1S/C46H45N/c1-4-12-35(13-5-1)37-20-26-43(27-21-37)47(44-28-22-38(23-29-44)40-19-18-36-14-8-9-15-39(36)34-40)45-30-24-42(25-31-45)46(32-10-3-11-33-46)41-16-6-2-7-17-41/h2,6-9,14-31,34-35H,1,3-5,10-13,32-33H2. The normalized spacial score (nSPS) is 16.6. The quantitative estimate of drug-likeness (QED) is 0.174. The molecule has 0 amide bonds. The molecule has 0 heterocycles. The lowest BCUT2D eigenvalue weighted by molar-refractivity contribution is 0.346. The van der Waals surface area contributed by atoms with Crippen LogP contribution in [0.3, 0.4) is 0 Å². The molecule has 0 N–H and O–H groups in total. The van der Waals surface area contributed by atoms with Crippen LogP contribution in [0.2, 0.25) is 0 Å². The molecule has 0 unspecified atom stereocenters. The van der Waals surface area contributed by atoms with Gasteiger partial charge in [0, 0.05) is 22.5 Å². The van der Waals surface area contributed by atoms with E-state index in [0.717, 1.165) is 0 Å². The van der Waals surface area contributed by atoms with E-state index in [2.05, 4.69) is 150 Å². The van der Waals surface area contributed by atoms with Gasteiger partial charge in [-0.25, -0.2) is 0 Å². The van der Waals surface area contributed by atoms with Crippen LogP contribution in [-0.2, 0) is 5.41 Å². The molecular weight excluding hydrogens is 567 g/mol. The van der Waals surface area contributed by atoms with Crippen LogP contribution in [0.25, 0.3) is 21.9 Å². The van der Waals surface area contributed by atoms with E-state index in [4.69, 9.17) is 0 Å². The molecule has 8 rings (SSSR count). The molecule has 1 nitrogen and oxygen atoms in total. The van der Waals surface area contributed by atoms with Gasteiger partial charge < -0.3 is 4.90 Å². The molecule has 0 aromatic heterocycles. The van der Waals surface area contributed by atoms with Crippen molar-refractivity contribution >= 4 is 27.8 Å². The van der Waals surface area contributed by atoms with Gasteiger partial charge in [-0.05, 0) is 113 Å². The van der Waals surface area contributed by atoms with Crippen LogP contribution in [0.4, 0.5) is 17.1 Å². The third-order valence-electron chi connectivity index (χ3n) is 11.1. The molecule has 0 aliphatic heterocycles. The van der Waals surface area contributed by atoms with Gasteiger partial charge >= 0.3 is 0 Å². The Labute approximate surface area is 280 Å². The van der Waals surface area contributed by atoms with E-state index in [1.807, 2.05) is 0 Å². The van der Waals surface area contributed by atoms with E-state index >= 15 is 0 Å². The molecule has 0 bridgehead atoms. The minimum absolute atomic E-state index is 0.103. The average Bonchev–Trinajstić information content (AvgIpc) is 3.16. The van der Waals surface area contributed by atoms with E-state index < -0.39 is 0 Å². The first-order valence-electron chi connectivity index (χ1n) is 17.9. The largest absolute Gasteiger partial charge is 0.311 e. The summed E-state index contributed by atoms with van der Waals surface area (Å²) in [5.41, 5.74) is 10.6. The number of nitrogens with zero attached hydrogens (tertiary/aromatic N) is 1. The van der Waals surface area contributed by atoms with Crippen molar-refractivity contribution in [3.63, 3.8) is 0 Å². The van der Waals surface area contributed by atoms with Crippen LogP contribution in [0.1, 0.15) is 86.8 Å². The molecule has 0 radical (unpaired) electrons. The van der Waals surface area contributed by atoms with Crippen molar-refractivity contribution in [3.05, 3.63) is 162 Å². The van der Waals surface area contributed by atoms with E-state index in [0.29, 0.717) is 5.92 Å². The van der Waals surface area contributed by atoms with Gasteiger partial charge in [0.2, 0.25) is 0 Å². The maximum Gasteiger partial charge on any atom is 0.0462 e. The zero-order chi connectivity index (χ0) is 31.5. The first kappa shape index (κ1) is 29.8. The van der Waals surface area contributed by atoms with Crippen molar-refractivity contribution < 1.29 is 0 Å². The van der Waals surface area contributed by atoms with Gasteiger partial charge in [-0.3, -0.25) is 0 Å². The maximum absolute atomic E-state index is 2.44. The van der Waals surface area contributed by atoms with Crippen molar-refractivity contribution in [1.29, 1.82) is 0 Å². The highest BCUT2D eigenvalue weighted by Crippen LogP contribution is 2.46. The number of benzene rings is 6. The Bertz CT molecular complexity index is 1910. The second-order valence-electron chi connectivity index (χ2n) is 13.9. The number of hydrogen-bond acceptors (Lipinski definition) is 1. The van der Waals surface area contributed by atoms with E-state index in [1.54, 1.807) is 0 Å². The number of hydrogen-bond donors (Lipinski definition) is 0. The van der Waals surface area contributed by atoms with Crippen LogP contribution in [0.5, 0.6) is 0 Å². The van der Waals surface area contributed by atoms with Crippen LogP contribution < -0.4 is 4.90 Å². The lowest BCUT2D eigenvalue weighted by Crippen LogP contribution is -2.30. The van der Waals surface area contributed by atoms with Gasteiger partial charge in [0.1, 0.15) is 0 Å². The van der Waals surface area contributed by atoms with Crippen molar-refractivity contribution in [2.45, 2.75) is 75.5 Å². The van der Waals surface area contributed by atoms with Crippen molar-refractivity contribution in [1.82, 2.24) is 0 Å². The fraction of sp³-hybridized carbons (Fsp3) is 0.261. The molecule has 2 saturated carbocycles. The fourth-order valence-corrected chi connectivity index (χ4v) is 8.54. The Balaban J connectivity index is 1.16. The first-order chi connectivity index (χ1) is 23.3. The summed E-state index contributed by atoms with van der Waals surface area (Å²) >= 11 is 0. The molecule has 1 heteroatoms. The molecule has 2 aliphatic carbocycles. The second kappa shape index (κ2) is 13.2. The Kier molecular flexibility index (Phi) is 8.39. The summed E-state index contributed by atoms with van der Waals surface area (Å²) < 4.78 is 0. The van der Waals surface area contributed by atoms with Crippen molar-refractivity contribution in [2.75, 3.05) is 4.90 Å². The fourth-order valence-electron chi connectivity index (χ4n) is 8.54. The summed E-state index contributed by atoms with van der Waals surface area (Å²) in [6.45, 7) is 0. The minimum atomic E-state index is 0.103. The summed E-state index contributed by atoms with van der Waals surface area (Å²) in [5, 5.41) is 2.56. The summed E-state index contributed by atoms with van der Waals surface area (Å²) in [6.07, 6.45) is 13.1. The van der Waals surface area contributed by atoms with E-state index in [-0.39, 0.29) is 5.41 Å². The molecule has 0 atom stereocenters. The second-order valence-corrected chi connectivity index (χ2v) is 13.9. The molecule has 6 aromatic rings. The molecule has 6 aromatic carbocycles. The highest BCUT2D eigenvalue weighted by molar-refractivity contribution is 5.88. The lowest BCUT2D eigenvalue weighted by Gasteiger charge is -2.39. The molecule has 234 valence electrons. The predicted molar refractivity (Wildman–Crippen MR) is 200 cm³/mol. The van der Waals surface area contributed by atoms with Crippen LogP contribution in [0, 0.1) is 0 Å². The van der Waals surface area contributed by atoms with E-state index in [9.17, 15) is 0 Å². The van der Waals surface area contributed by atoms with Crippen molar-refractivity contribution in [3.8, 4) is 11.1 Å². The van der Waals surface area contributed by atoms with Gasteiger partial charge in [-0.1, -0.05) is 142 Å². The molecule has 2 aliphatic rings. The summed E-state index contributed by atoms with van der Waals surface area (Å²) in [5.74, 6) is 0.705. The molecule has 47 heavy (non-hydrogen) atoms. The van der Waals surface area contributed by atoms with E-state index in [1.165, 1.54) is 120 Å². The first-order valence-corrected chi connectivity index (χ1v) is 17.9. The smallest absolute Gasteiger partial charge is 0.0462 e. The number of rotatable bonds is 7. The average molecular weight is 612 g/mol. The monoisotopic (exact) mass is 611 g/mol. The predicted octanol–water partition coefficient (Wildman–Crippen LogP) is 13.3. The summed E-state index contributed by atoms with van der Waals surface area (Å²) in [7, 11) is 0. The Morgan fingerprint density at radius 1 is 0.426 bits per heavy atom. The zero-order valence-corrected chi connectivity index (χ0v) is 27.5. The van der Waals surface area contributed by atoms with Crippen molar-refractivity contribution in [2.24, 2.45) is 0 Å². The van der Waals surface area contributed by atoms with Gasteiger partial charge in [0.15, 0.2) is 0 Å². The summed E-state index contributed by atoms with van der Waals surface area (Å²) in [6, 6.07) is 54.8. The maximum atomic E-state index is 2.44. The Morgan fingerprint density at radius 3 is 1.64 bits per heavy atom. The lowest BCUT2D eigenvalue weighted by atomic mass is 9.65. The molecule has 0 saturated heterocycles.